The highest BCUT2D eigenvalue weighted by Crippen LogP contribution is 2.27. The first-order valence-electron chi connectivity index (χ1n) is 11.4. The van der Waals surface area contributed by atoms with Gasteiger partial charge >= 0.3 is 0 Å². The third-order valence-corrected chi connectivity index (χ3v) is 6.92. The standard InChI is InChI=1S/C25H27Cl2N3O3/c26-17-12-13-19(20(27)15-17)23(31)29-22(16-7-2-1-3-8-16)25(33)30-14-6-11-21(30)24(32)28-18-9-4-5-10-18/h1-3,7-8,12-13,15,18,21-22H,4-6,9-11,14H2,(H,28,32)(H,29,31)/t21-,22-/m0/s1. The van der Waals surface area contributed by atoms with Gasteiger partial charge in [-0.3, -0.25) is 14.4 Å². The van der Waals surface area contributed by atoms with E-state index in [1.165, 1.54) is 12.1 Å². The zero-order valence-corrected chi connectivity index (χ0v) is 19.7. The van der Waals surface area contributed by atoms with Crippen molar-refractivity contribution in [2.75, 3.05) is 6.54 Å². The van der Waals surface area contributed by atoms with Crippen LogP contribution in [0.5, 0.6) is 0 Å². The van der Waals surface area contributed by atoms with Crippen LogP contribution in [0.25, 0.3) is 0 Å². The fourth-order valence-electron chi connectivity index (χ4n) is 4.65. The van der Waals surface area contributed by atoms with E-state index >= 15 is 0 Å². The van der Waals surface area contributed by atoms with Crippen molar-refractivity contribution in [1.29, 1.82) is 0 Å². The molecule has 2 N–H and O–H groups in total. The smallest absolute Gasteiger partial charge is 0.253 e. The lowest BCUT2D eigenvalue weighted by molar-refractivity contribution is -0.140. The quantitative estimate of drug-likeness (QED) is 0.628. The fourth-order valence-corrected chi connectivity index (χ4v) is 5.15. The summed E-state index contributed by atoms with van der Waals surface area (Å²) in [4.78, 5) is 41.3. The minimum atomic E-state index is -0.940. The molecule has 174 valence electrons. The van der Waals surface area contributed by atoms with Crippen LogP contribution in [0.1, 0.15) is 60.5 Å². The van der Waals surface area contributed by atoms with Gasteiger partial charge in [0.25, 0.3) is 5.91 Å². The van der Waals surface area contributed by atoms with Gasteiger partial charge in [-0.15, -0.1) is 0 Å². The van der Waals surface area contributed by atoms with Crippen molar-refractivity contribution in [3.63, 3.8) is 0 Å². The Morgan fingerprint density at radius 2 is 1.67 bits per heavy atom. The zero-order chi connectivity index (χ0) is 23.4. The van der Waals surface area contributed by atoms with Crippen molar-refractivity contribution in [2.24, 2.45) is 0 Å². The molecule has 2 aliphatic rings. The average Bonchev–Trinajstić information content (AvgIpc) is 3.49. The van der Waals surface area contributed by atoms with Crippen LogP contribution in [0.3, 0.4) is 0 Å². The number of amides is 3. The second-order valence-corrected chi connectivity index (χ2v) is 9.46. The summed E-state index contributed by atoms with van der Waals surface area (Å²) >= 11 is 12.2. The van der Waals surface area contributed by atoms with Crippen molar-refractivity contribution in [3.05, 3.63) is 69.7 Å². The topological polar surface area (TPSA) is 78.5 Å². The van der Waals surface area contributed by atoms with Gasteiger partial charge in [0.05, 0.1) is 10.6 Å². The van der Waals surface area contributed by atoms with Gasteiger partial charge in [-0.2, -0.15) is 0 Å². The molecule has 0 unspecified atom stereocenters. The number of halogens is 2. The molecule has 2 aromatic carbocycles. The first-order valence-corrected chi connectivity index (χ1v) is 12.1. The molecule has 1 aliphatic carbocycles. The van der Waals surface area contributed by atoms with E-state index in [2.05, 4.69) is 10.6 Å². The summed E-state index contributed by atoms with van der Waals surface area (Å²) in [6.45, 7) is 0.475. The van der Waals surface area contributed by atoms with Crippen LogP contribution in [-0.4, -0.2) is 41.2 Å². The Balaban J connectivity index is 1.55. The Labute approximate surface area is 203 Å². The number of carbonyl (C=O) groups is 3. The molecule has 0 radical (unpaired) electrons. The minimum Gasteiger partial charge on any atom is -0.352 e. The van der Waals surface area contributed by atoms with E-state index in [1.54, 1.807) is 23.1 Å². The molecule has 0 aromatic heterocycles. The summed E-state index contributed by atoms with van der Waals surface area (Å²) in [6.07, 6.45) is 5.56. The van der Waals surface area contributed by atoms with E-state index in [4.69, 9.17) is 23.2 Å². The number of carbonyl (C=O) groups excluding carboxylic acids is 3. The van der Waals surface area contributed by atoms with Gasteiger partial charge in [0.2, 0.25) is 11.8 Å². The molecule has 4 rings (SSSR count). The van der Waals surface area contributed by atoms with Gasteiger partial charge in [-0.05, 0) is 49.4 Å². The number of nitrogens with zero attached hydrogens (tertiary/aromatic N) is 1. The zero-order valence-electron chi connectivity index (χ0n) is 18.2. The highest BCUT2D eigenvalue weighted by atomic mass is 35.5. The van der Waals surface area contributed by atoms with Crippen LogP contribution in [0.4, 0.5) is 0 Å². The van der Waals surface area contributed by atoms with Gasteiger partial charge in [0.15, 0.2) is 0 Å². The third kappa shape index (κ3) is 5.50. The molecule has 6 nitrogen and oxygen atoms in total. The summed E-state index contributed by atoms with van der Waals surface area (Å²) in [5.74, 6) is -0.889. The van der Waals surface area contributed by atoms with Gasteiger partial charge in [-0.1, -0.05) is 66.4 Å². The van der Waals surface area contributed by atoms with Crippen molar-refractivity contribution >= 4 is 40.9 Å². The van der Waals surface area contributed by atoms with Gasteiger partial charge < -0.3 is 15.5 Å². The van der Waals surface area contributed by atoms with Crippen molar-refractivity contribution in [1.82, 2.24) is 15.5 Å². The minimum absolute atomic E-state index is 0.105. The lowest BCUT2D eigenvalue weighted by atomic mass is 10.0. The van der Waals surface area contributed by atoms with E-state index in [1.807, 2.05) is 18.2 Å². The molecule has 0 bridgehead atoms. The highest BCUT2D eigenvalue weighted by molar-refractivity contribution is 6.36. The first-order chi connectivity index (χ1) is 15.9. The number of hydrogen-bond donors (Lipinski definition) is 2. The van der Waals surface area contributed by atoms with Gasteiger partial charge in [0.1, 0.15) is 12.1 Å². The maximum absolute atomic E-state index is 13.7. The molecular formula is C25H27Cl2N3O3. The Kier molecular flexibility index (Phi) is 7.56. The van der Waals surface area contributed by atoms with Crippen molar-refractivity contribution in [3.8, 4) is 0 Å². The maximum atomic E-state index is 13.7. The number of rotatable bonds is 6. The van der Waals surface area contributed by atoms with Crippen molar-refractivity contribution < 1.29 is 14.4 Å². The van der Waals surface area contributed by atoms with Gasteiger partial charge in [-0.25, -0.2) is 0 Å². The van der Waals surface area contributed by atoms with Gasteiger partial charge in [0, 0.05) is 17.6 Å². The second kappa shape index (κ2) is 10.6. The van der Waals surface area contributed by atoms with Crippen LogP contribution in [-0.2, 0) is 9.59 Å². The van der Waals surface area contributed by atoms with E-state index in [9.17, 15) is 14.4 Å². The molecule has 2 fully saturated rings. The number of benzene rings is 2. The predicted octanol–water partition coefficient (Wildman–Crippen LogP) is 4.51. The normalized spacial score (nSPS) is 19.3. The molecule has 2 atom stereocenters. The van der Waals surface area contributed by atoms with Crippen LogP contribution >= 0.6 is 23.2 Å². The molecule has 8 heteroatoms. The van der Waals surface area contributed by atoms with Crippen LogP contribution in [0, 0.1) is 0 Å². The molecule has 33 heavy (non-hydrogen) atoms. The second-order valence-electron chi connectivity index (χ2n) is 8.62. The molecule has 3 amide bonds. The molecule has 1 aliphatic heterocycles. The van der Waals surface area contributed by atoms with Crippen LogP contribution < -0.4 is 10.6 Å². The average molecular weight is 488 g/mol. The largest absolute Gasteiger partial charge is 0.352 e. The summed E-state index contributed by atoms with van der Waals surface area (Å²) in [6, 6.07) is 12.4. The number of nitrogens with one attached hydrogen (secondary N) is 2. The molecule has 1 saturated carbocycles. The first kappa shape index (κ1) is 23.6. The Morgan fingerprint density at radius 1 is 0.939 bits per heavy atom. The predicted molar refractivity (Wildman–Crippen MR) is 128 cm³/mol. The Morgan fingerprint density at radius 3 is 2.36 bits per heavy atom. The molecule has 1 heterocycles. The number of hydrogen-bond acceptors (Lipinski definition) is 3. The van der Waals surface area contributed by atoms with Crippen molar-refractivity contribution in [2.45, 2.75) is 56.7 Å². The maximum Gasteiger partial charge on any atom is 0.253 e. The molecule has 2 aromatic rings. The Hall–Kier alpha value is -2.57. The van der Waals surface area contributed by atoms with E-state index in [0.717, 1.165) is 32.1 Å². The fraction of sp³-hybridized carbons (Fsp3) is 0.400. The van der Waals surface area contributed by atoms with E-state index in [0.29, 0.717) is 23.6 Å². The molecule has 1 saturated heterocycles. The summed E-state index contributed by atoms with van der Waals surface area (Å²) in [5, 5.41) is 6.56. The summed E-state index contributed by atoms with van der Waals surface area (Å²) < 4.78 is 0. The SMILES string of the molecule is O=C(N[C@H](C(=O)N1CCC[C@H]1C(=O)NC1CCCC1)c1ccccc1)c1ccc(Cl)cc1Cl. The number of likely N-dealkylation sites (tertiary alicyclic amines) is 1. The lowest BCUT2D eigenvalue weighted by Gasteiger charge is -2.29. The monoisotopic (exact) mass is 487 g/mol. The third-order valence-electron chi connectivity index (χ3n) is 6.37. The Bertz CT molecular complexity index is 1020. The lowest BCUT2D eigenvalue weighted by Crippen LogP contribution is -2.51. The van der Waals surface area contributed by atoms with Crippen LogP contribution in [0.15, 0.2) is 48.5 Å². The summed E-state index contributed by atoms with van der Waals surface area (Å²) in [5.41, 5.74) is 0.870. The molecular weight excluding hydrogens is 461 g/mol. The van der Waals surface area contributed by atoms with E-state index < -0.39 is 18.0 Å². The summed E-state index contributed by atoms with van der Waals surface area (Å²) in [7, 11) is 0. The van der Waals surface area contributed by atoms with Crippen LogP contribution in [0.2, 0.25) is 10.0 Å². The molecule has 0 spiro atoms. The van der Waals surface area contributed by atoms with E-state index in [-0.39, 0.29) is 28.4 Å². The highest BCUT2D eigenvalue weighted by Gasteiger charge is 2.39.